The molecule has 1 nitrogen and oxygen atoms in total. The molecule has 1 aromatic carbocycles. The Hall–Kier alpha value is -1.96. The van der Waals surface area contributed by atoms with Gasteiger partial charge in [-0.25, -0.2) is 4.39 Å². The summed E-state index contributed by atoms with van der Waals surface area (Å²) in [6.45, 7) is 4.23. The first-order valence-corrected chi connectivity index (χ1v) is 6.10. The molecule has 0 atom stereocenters. The van der Waals surface area contributed by atoms with Crippen molar-refractivity contribution in [2.45, 2.75) is 20.3 Å². The fourth-order valence-electron chi connectivity index (χ4n) is 1.87. The minimum Gasteiger partial charge on any atom is -0.253 e. The number of rotatable bonds is 3. The number of nitrogens with zero attached hydrogens (tertiary/aromatic N) is 1. The number of pyridine rings is 1. The fraction of sp³-hybridized carbons (Fsp3) is 0.188. The number of allylic oxidation sites excluding steroid dienone is 2. The molecule has 0 aliphatic heterocycles. The van der Waals surface area contributed by atoms with Crippen molar-refractivity contribution in [2.24, 2.45) is 0 Å². The molecule has 1 aromatic heterocycles. The van der Waals surface area contributed by atoms with Crippen LogP contribution in [0.5, 0.6) is 0 Å². The van der Waals surface area contributed by atoms with E-state index in [2.05, 4.69) is 37.0 Å². The average molecular weight is 241 g/mol. The normalized spacial score (nSPS) is 11.6. The molecule has 0 spiro atoms. The largest absolute Gasteiger partial charge is 0.253 e. The summed E-state index contributed by atoms with van der Waals surface area (Å²) in [6, 6.07) is 11.3. The van der Waals surface area contributed by atoms with Gasteiger partial charge in [0.2, 0.25) is 0 Å². The van der Waals surface area contributed by atoms with Gasteiger partial charge in [-0.3, -0.25) is 4.98 Å². The van der Waals surface area contributed by atoms with Gasteiger partial charge in [0.25, 0.3) is 0 Å². The first-order chi connectivity index (χ1) is 8.70. The standard InChI is InChI=1S/C16H16FN/c1-3-4-12(2)13-5-7-14(8-6-13)16-10-9-15(17)11-18-16/h4-11H,3H2,1-2H3/b12-4-. The average Bonchev–Trinajstić information content (AvgIpc) is 2.40. The van der Waals surface area contributed by atoms with Crippen molar-refractivity contribution < 1.29 is 4.39 Å². The number of hydrogen-bond acceptors (Lipinski definition) is 1. The van der Waals surface area contributed by atoms with Crippen molar-refractivity contribution in [3.8, 4) is 11.3 Å². The van der Waals surface area contributed by atoms with Crippen LogP contribution in [0.15, 0.2) is 48.7 Å². The summed E-state index contributed by atoms with van der Waals surface area (Å²) in [7, 11) is 0. The van der Waals surface area contributed by atoms with Crippen molar-refractivity contribution >= 4 is 5.57 Å². The molecule has 2 aromatic rings. The van der Waals surface area contributed by atoms with Gasteiger partial charge >= 0.3 is 0 Å². The molecule has 0 bridgehead atoms. The summed E-state index contributed by atoms with van der Waals surface area (Å²) < 4.78 is 12.8. The lowest BCUT2D eigenvalue weighted by Crippen LogP contribution is -1.85. The van der Waals surface area contributed by atoms with E-state index < -0.39 is 0 Å². The van der Waals surface area contributed by atoms with E-state index in [0.717, 1.165) is 17.7 Å². The Morgan fingerprint density at radius 2 is 1.89 bits per heavy atom. The highest BCUT2D eigenvalue weighted by atomic mass is 19.1. The van der Waals surface area contributed by atoms with Gasteiger partial charge in [-0.05, 0) is 36.6 Å². The van der Waals surface area contributed by atoms with Crippen LogP contribution in [-0.2, 0) is 0 Å². The number of halogens is 1. The highest BCUT2D eigenvalue weighted by Gasteiger charge is 2.00. The van der Waals surface area contributed by atoms with Crippen LogP contribution in [0.25, 0.3) is 16.8 Å². The third-order valence-electron chi connectivity index (χ3n) is 2.87. The first-order valence-electron chi connectivity index (χ1n) is 6.10. The molecular formula is C16H16FN. The predicted molar refractivity (Wildman–Crippen MR) is 73.6 cm³/mol. The van der Waals surface area contributed by atoms with Crippen LogP contribution in [0.1, 0.15) is 25.8 Å². The van der Waals surface area contributed by atoms with Gasteiger partial charge in [-0.2, -0.15) is 0 Å². The SMILES string of the molecule is CC/C=C(/C)c1ccc(-c2ccc(F)cn2)cc1. The summed E-state index contributed by atoms with van der Waals surface area (Å²) in [5, 5.41) is 0. The lowest BCUT2D eigenvalue weighted by atomic mass is 10.0. The van der Waals surface area contributed by atoms with E-state index in [1.54, 1.807) is 6.07 Å². The van der Waals surface area contributed by atoms with Crippen LogP contribution in [0.2, 0.25) is 0 Å². The quantitative estimate of drug-likeness (QED) is 0.759. The second-order valence-electron chi connectivity index (χ2n) is 4.23. The van der Waals surface area contributed by atoms with Crippen LogP contribution in [0, 0.1) is 5.82 Å². The molecule has 0 saturated carbocycles. The second kappa shape index (κ2) is 5.58. The third kappa shape index (κ3) is 2.83. The molecule has 2 rings (SSSR count). The van der Waals surface area contributed by atoms with E-state index in [1.807, 2.05) is 12.1 Å². The molecule has 0 unspecified atom stereocenters. The Kier molecular flexibility index (Phi) is 3.88. The highest BCUT2D eigenvalue weighted by molar-refractivity contribution is 5.67. The summed E-state index contributed by atoms with van der Waals surface area (Å²) in [4.78, 5) is 4.07. The van der Waals surface area contributed by atoms with Gasteiger partial charge in [-0.1, -0.05) is 37.3 Å². The molecule has 0 amide bonds. The molecule has 0 fully saturated rings. The lowest BCUT2D eigenvalue weighted by Gasteiger charge is -2.04. The molecule has 0 aliphatic rings. The van der Waals surface area contributed by atoms with Gasteiger partial charge in [0.15, 0.2) is 0 Å². The van der Waals surface area contributed by atoms with Crippen LogP contribution < -0.4 is 0 Å². The summed E-state index contributed by atoms with van der Waals surface area (Å²) >= 11 is 0. The van der Waals surface area contributed by atoms with Gasteiger partial charge in [0, 0.05) is 5.56 Å². The summed E-state index contributed by atoms with van der Waals surface area (Å²) in [6.07, 6.45) is 4.48. The molecule has 92 valence electrons. The maximum atomic E-state index is 12.8. The van der Waals surface area contributed by atoms with Crippen molar-refractivity contribution in [2.75, 3.05) is 0 Å². The van der Waals surface area contributed by atoms with Gasteiger partial charge < -0.3 is 0 Å². The molecular weight excluding hydrogens is 225 g/mol. The maximum Gasteiger partial charge on any atom is 0.141 e. The van der Waals surface area contributed by atoms with Crippen molar-refractivity contribution in [1.29, 1.82) is 0 Å². The van der Waals surface area contributed by atoms with E-state index >= 15 is 0 Å². The van der Waals surface area contributed by atoms with Crippen molar-refractivity contribution in [3.05, 3.63) is 60.1 Å². The van der Waals surface area contributed by atoms with E-state index in [0.29, 0.717) is 0 Å². The Morgan fingerprint density at radius 3 is 2.44 bits per heavy atom. The zero-order valence-corrected chi connectivity index (χ0v) is 10.7. The van der Waals surface area contributed by atoms with E-state index in [1.165, 1.54) is 23.4 Å². The number of benzene rings is 1. The minimum atomic E-state index is -0.308. The molecule has 0 saturated heterocycles. The summed E-state index contributed by atoms with van der Waals surface area (Å²) in [5.41, 5.74) is 4.28. The number of aromatic nitrogens is 1. The van der Waals surface area contributed by atoms with Gasteiger partial charge in [-0.15, -0.1) is 0 Å². The zero-order valence-electron chi connectivity index (χ0n) is 10.7. The van der Waals surface area contributed by atoms with Crippen molar-refractivity contribution in [3.63, 3.8) is 0 Å². The summed E-state index contributed by atoms with van der Waals surface area (Å²) in [5.74, 6) is -0.308. The van der Waals surface area contributed by atoms with Gasteiger partial charge in [0.05, 0.1) is 11.9 Å². The maximum absolute atomic E-state index is 12.8. The highest BCUT2D eigenvalue weighted by Crippen LogP contribution is 2.21. The molecule has 0 radical (unpaired) electrons. The topological polar surface area (TPSA) is 12.9 Å². The Labute approximate surface area is 107 Å². The van der Waals surface area contributed by atoms with Crippen LogP contribution in [-0.4, -0.2) is 4.98 Å². The van der Waals surface area contributed by atoms with E-state index in [4.69, 9.17) is 0 Å². The van der Waals surface area contributed by atoms with Crippen molar-refractivity contribution in [1.82, 2.24) is 4.98 Å². The minimum absolute atomic E-state index is 0.308. The molecule has 18 heavy (non-hydrogen) atoms. The lowest BCUT2D eigenvalue weighted by molar-refractivity contribution is 0.622. The van der Waals surface area contributed by atoms with Gasteiger partial charge in [0.1, 0.15) is 5.82 Å². The monoisotopic (exact) mass is 241 g/mol. The molecule has 2 heteroatoms. The Balaban J connectivity index is 2.27. The van der Waals surface area contributed by atoms with E-state index in [-0.39, 0.29) is 5.82 Å². The molecule has 0 N–H and O–H groups in total. The smallest absolute Gasteiger partial charge is 0.141 e. The molecule has 0 aliphatic carbocycles. The zero-order chi connectivity index (χ0) is 13.0. The fourth-order valence-corrected chi connectivity index (χ4v) is 1.87. The van der Waals surface area contributed by atoms with E-state index in [9.17, 15) is 4.39 Å². The van der Waals surface area contributed by atoms with Crippen LogP contribution >= 0.6 is 0 Å². The Bertz CT molecular complexity index is 538. The van der Waals surface area contributed by atoms with Crippen LogP contribution in [0.4, 0.5) is 4.39 Å². The Morgan fingerprint density at radius 1 is 1.17 bits per heavy atom. The third-order valence-corrected chi connectivity index (χ3v) is 2.87. The first kappa shape index (κ1) is 12.5. The number of hydrogen-bond donors (Lipinski definition) is 0. The second-order valence-corrected chi connectivity index (χ2v) is 4.23. The predicted octanol–water partition coefficient (Wildman–Crippen LogP) is 4.70. The van der Waals surface area contributed by atoms with Crippen LogP contribution in [0.3, 0.4) is 0 Å². The molecule has 1 heterocycles.